The Balaban J connectivity index is 1.31. The van der Waals surface area contributed by atoms with Crippen molar-refractivity contribution in [3.05, 3.63) is 181 Å². The lowest BCUT2D eigenvalue weighted by Gasteiger charge is -2.23. The smallest absolute Gasteiger partial charge is 0.145 e. The van der Waals surface area contributed by atoms with Crippen LogP contribution in [0.2, 0.25) is 0 Å². The van der Waals surface area contributed by atoms with Gasteiger partial charge in [-0.15, -0.1) is 0 Å². The van der Waals surface area contributed by atoms with Crippen LogP contribution in [-0.2, 0) is 5.41 Å². The predicted octanol–water partition coefficient (Wildman–Crippen LogP) is 12.6. The molecule has 50 heavy (non-hydrogen) atoms. The first-order valence-electron chi connectivity index (χ1n) is 22.4. The van der Waals surface area contributed by atoms with Gasteiger partial charge in [0.15, 0.2) is 0 Å². The zero-order valence-corrected chi connectivity index (χ0v) is 27.1. The fourth-order valence-electron chi connectivity index (χ4n) is 7.65. The van der Waals surface area contributed by atoms with Crippen molar-refractivity contribution in [1.82, 2.24) is 9.55 Å². The normalized spacial score (nSPS) is 16.5. The largest absolute Gasteiger partial charge is 0.292 e. The number of hydrogen-bond acceptors (Lipinski definition) is 1. The van der Waals surface area contributed by atoms with Gasteiger partial charge >= 0.3 is 0 Å². The Morgan fingerprint density at radius 1 is 0.520 bits per heavy atom. The fraction of sp³-hybridized carbons (Fsp3) is 0.0625. The molecule has 1 aromatic heterocycles. The van der Waals surface area contributed by atoms with E-state index < -0.39 is 35.6 Å². The number of rotatable bonds is 4. The summed E-state index contributed by atoms with van der Waals surface area (Å²) in [5.41, 5.74) is 3.98. The zero-order chi connectivity index (χ0) is 43.8. The number of nitrogens with zero attached hydrogens (tertiary/aromatic N) is 2. The van der Waals surface area contributed by atoms with Crippen LogP contribution in [-0.4, -0.2) is 9.55 Å². The molecule has 1 aliphatic carbocycles. The van der Waals surface area contributed by atoms with E-state index in [1.165, 1.54) is 0 Å². The van der Waals surface area contributed by atoms with E-state index in [1.807, 2.05) is 102 Å². The molecule has 0 aliphatic heterocycles. The van der Waals surface area contributed by atoms with Gasteiger partial charge in [-0.2, -0.15) is 0 Å². The highest BCUT2D eigenvalue weighted by molar-refractivity contribution is 6.22. The molecule has 0 bridgehead atoms. The molecule has 0 unspecified atom stereocenters. The highest BCUT2D eigenvalue weighted by Gasteiger charge is 2.35. The summed E-state index contributed by atoms with van der Waals surface area (Å²) in [7, 11) is 0. The molecular weight excluding hydrogens is 605 g/mol. The van der Waals surface area contributed by atoms with Gasteiger partial charge in [0.25, 0.3) is 0 Å². The van der Waals surface area contributed by atoms with Gasteiger partial charge in [-0.05, 0) is 84.7 Å². The summed E-state index contributed by atoms with van der Waals surface area (Å²) < 4.78 is 109. The van der Waals surface area contributed by atoms with Gasteiger partial charge in [0.05, 0.1) is 33.2 Å². The average molecular weight is 651 g/mol. The minimum absolute atomic E-state index is 0.0318. The SMILES string of the molecule is [2H]c1c([2H])c([2H])c(-c2nc3ccccc3n2-c2ccccc2-c2c3ccccc3c(-c3c([2H])c([2H])c4c(c3[2H])C(C)(C)c3c([2H])c([2H])c([2H])c([2H])c3-4)c3ccccc23)c([2H])c1[2H]. The van der Waals surface area contributed by atoms with Gasteiger partial charge in [0.2, 0.25) is 0 Å². The Hall–Kier alpha value is -6.25. The van der Waals surface area contributed by atoms with Crippen molar-refractivity contribution in [2.45, 2.75) is 19.3 Å². The van der Waals surface area contributed by atoms with Crippen molar-refractivity contribution >= 4 is 32.6 Å². The van der Waals surface area contributed by atoms with E-state index in [1.54, 1.807) is 13.8 Å². The van der Waals surface area contributed by atoms with E-state index in [9.17, 15) is 4.11 Å². The lowest BCUT2D eigenvalue weighted by atomic mass is 9.80. The number of para-hydroxylation sites is 3. The number of aromatic nitrogens is 2. The molecule has 0 radical (unpaired) electrons. The third-order valence-electron chi connectivity index (χ3n) is 9.88. The lowest BCUT2D eigenvalue weighted by Crippen LogP contribution is -2.14. The maximum atomic E-state index is 9.94. The molecule has 8 aromatic carbocycles. The van der Waals surface area contributed by atoms with Gasteiger partial charge < -0.3 is 0 Å². The van der Waals surface area contributed by atoms with E-state index in [-0.39, 0.29) is 70.4 Å². The van der Waals surface area contributed by atoms with E-state index in [2.05, 4.69) is 0 Å². The minimum atomic E-state index is -1.10. The van der Waals surface area contributed by atoms with Crippen molar-refractivity contribution in [2.24, 2.45) is 0 Å². The van der Waals surface area contributed by atoms with Crippen LogP contribution >= 0.6 is 0 Å². The van der Waals surface area contributed by atoms with E-state index >= 15 is 0 Å². The number of imidazole rings is 1. The lowest BCUT2D eigenvalue weighted by molar-refractivity contribution is 0.660. The summed E-state index contributed by atoms with van der Waals surface area (Å²) in [6.45, 7) is 3.61. The molecule has 0 N–H and O–H groups in total. The Labute approximate surface area is 308 Å². The molecule has 236 valence electrons. The van der Waals surface area contributed by atoms with Crippen molar-refractivity contribution < 1.29 is 16.4 Å². The summed E-state index contributed by atoms with van der Waals surface area (Å²) in [6, 6.07) is 26.3. The van der Waals surface area contributed by atoms with Crippen LogP contribution in [0.4, 0.5) is 0 Å². The Morgan fingerprint density at radius 2 is 1.12 bits per heavy atom. The van der Waals surface area contributed by atoms with Crippen molar-refractivity contribution in [1.29, 1.82) is 0 Å². The highest BCUT2D eigenvalue weighted by atomic mass is 15.1. The van der Waals surface area contributed by atoms with Crippen molar-refractivity contribution in [3.8, 4) is 50.5 Å². The van der Waals surface area contributed by atoms with Gasteiger partial charge in [-0.1, -0.05) is 159 Å². The van der Waals surface area contributed by atoms with Crippen molar-refractivity contribution in [2.75, 3.05) is 0 Å². The molecule has 2 heteroatoms. The maximum absolute atomic E-state index is 9.94. The second-order valence-electron chi connectivity index (χ2n) is 13.0. The second-order valence-corrected chi connectivity index (χ2v) is 13.0. The van der Waals surface area contributed by atoms with Crippen LogP contribution in [0, 0.1) is 0 Å². The van der Waals surface area contributed by atoms with Crippen LogP contribution < -0.4 is 0 Å². The van der Waals surface area contributed by atoms with Crippen LogP contribution in [0.1, 0.15) is 41.4 Å². The van der Waals surface area contributed by atoms with Gasteiger partial charge in [0.1, 0.15) is 5.82 Å². The van der Waals surface area contributed by atoms with Crippen molar-refractivity contribution in [3.63, 3.8) is 0 Å². The molecule has 10 rings (SSSR count). The standard InChI is InChI=1S/C48H34N2/c1-48(2)40-24-12-10-18-33(40)34-29-28-32(30-41(34)48)45-35-19-6-8-21-37(35)46(38-22-9-7-20-36(38)45)39-23-11-14-26-43(39)50-44-27-15-13-25-42(44)49-47(50)31-16-4-3-5-17-31/h3-30H,1-2H3/i3D,4D,5D,10D,12D,16D,17D,18D,24D,28D,29D,30D. The molecule has 2 nitrogen and oxygen atoms in total. The van der Waals surface area contributed by atoms with E-state index in [0.717, 1.165) is 21.9 Å². The zero-order valence-electron chi connectivity index (χ0n) is 39.1. The summed E-state index contributed by atoms with van der Waals surface area (Å²) in [4.78, 5) is 4.90. The highest BCUT2D eigenvalue weighted by Crippen LogP contribution is 2.51. The van der Waals surface area contributed by atoms with Gasteiger partial charge in [-0.3, -0.25) is 4.57 Å². The molecule has 0 saturated heterocycles. The quantitative estimate of drug-likeness (QED) is 0.173. The third kappa shape index (κ3) is 4.12. The first kappa shape index (κ1) is 19.1. The second kappa shape index (κ2) is 10.9. The number of benzene rings is 8. The molecule has 0 spiro atoms. The molecule has 0 amide bonds. The van der Waals surface area contributed by atoms with E-state index in [4.69, 9.17) is 17.3 Å². The number of fused-ring (bicyclic) bond motifs is 6. The van der Waals surface area contributed by atoms with Crippen LogP contribution in [0.25, 0.3) is 83.0 Å². The maximum Gasteiger partial charge on any atom is 0.145 e. The molecule has 0 fully saturated rings. The van der Waals surface area contributed by atoms with Crippen LogP contribution in [0.3, 0.4) is 0 Å². The Bertz CT molecular complexity index is 3390. The summed E-state index contributed by atoms with van der Waals surface area (Å²) in [6.07, 6.45) is 0. The molecule has 9 aromatic rings. The van der Waals surface area contributed by atoms with Gasteiger partial charge in [0, 0.05) is 16.5 Å². The topological polar surface area (TPSA) is 17.8 Å². The fourth-order valence-corrected chi connectivity index (χ4v) is 7.65. The predicted molar refractivity (Wildman–Crippen MR) is 210 cm³/mol. The Kier molecular flexibility index (Phi) is 4.15. The summed E-state index contributed by atoms with van der Waals surface area (Å²) in [5.74, 6) is 0.171. The van der Waals surface area contributed by atoms with Crippen LogP contribution in [0.15, 0.2) is 170 Å². The van der Waals surface area contributed by atoms with Crippen LogP contribution in [0.5, 0.6) is 0 Å². The van der Waals surface area contributed by atoms with Gasteiger partial charge in [-0.25, -0.2) is 4.98 Å². The first-order chi connectivity index (χ1) is 29.6. The first-order valence-corrected chi connectivity index (χ1v) is 16.4. The Morgan fingerprint density at radius 3 is 1.88 bits per heavy atom. The minimum Gasteiger partial charge on any atom is -0.292 e. The third-order valence-corrected chi connectivity index (χ3v) is 9.88. The molecular formula is C48H34N2. The van der Waals surface area contributed by atoms with E-state index in [0.29, 0.717) is 44.2 Å². The molecule has 1 heterocycles. The summed E-state index contributed by atoms with van der Waals surface area (Å²) in [5, 5.41) is 2.90. The monoisotopic (exact) mass is 650 g/mol. The molecule has 1 aliphatic rings. The molecule has 0 atom stereocenters. The molecule has 0 saturated carbocycles. The number of hydrogen-bond donors (Lipinski definition) is 0. The summed E-state index contributed by atoms with van der Waals surface area (Å²) >= 11 is 0. The average Bonchev–Trinajstić information content (AvgIpc) is 3.77.